The van der Waals surface area contributed by atoms with E-state index < -0.39 is 76.9 Å². The van der Waals surface area contributed by atoms with Crippen molar-refractivity contribution >= 4 is 17.7 Å². The number of amides is 2. The molecule has 2 aromatic rings. The van der Waals surface area contributed by atoms with Crippen LogP contribution in [-0.2, 0) is 34.6 Å². The van der Waals surface area contributed by atoms with Crippen LogP contribution < -0.4 is 4.90 Å². The van der Waals surface area contributed by atoms with E-state index in [0.29, 0.717) is 12.1 Å². The van der Waals surface area contributed by atoms with Crippen LogP contribution in [0.25, 0.3) is 0 Å². The third kappa shape index (κ3) is 7.49. The van der Waals surface area contributed by atoms with Crippen LogP contribution in [0.3, 0.4) is 0 Å². The second kappa shape index (κ2) is 11.3. The molecule has 3 rings (SSSR count). The Hall–Kier alpha value is -3.45. The lowest BCUT2D eigenvalue weighted by Gasteiger charge is -2.32. The number of hydrogen-bond donors (Lipinski definition) is 0. The highest BCUT2D eigenvalue weighted by molar-refractivity contribution is 5.92. The molecule has 0 aliphatic carbocycles. The molecule has 0 N–H and O–H groups in total. The third-order valence-corrected chi connectivity index (χ3v) is 6.70. The van der Waals surface area contributed by atoms with Gasteiger partial charge < -0.3 is 9.64 Å². The Morgan fingerprint density at radius 3 is 1.79 bits per heavy atom. The van der Waals surface area contributed by atoms with Crippen LogP contribution in [-0.4, -0.2) is 35.1 Å². The molecule has 2 atom stereocenters. The zero-order valence-electron chi connectivity index (χ0n) is 23.3. The summed E-state index contributed by atoms with van der Waals surface area (Å²) in [5, 5.41) is 0. The summed E-state index contributed by atoms with van der Waals surface area (Å²) in [5.74, 6) is -1.54. The minimum Gasteiger partial charge on any atom is -0.443 e. The van der Waals surface area contributed by atoms with E-state index in [2.05, 4.69) is 0 Å². The number of halogens is 9. The van der Waals surface area contributed by atoms with Gasteiger partial charge in [-0.25, -0.2) is 4.79 Å². The van der Waals surface area contributed by atoms with Gasteiger partial charge in [0, 0.05) is 32.0 Å². The van der Waals surface area contributed by atoms with Crippen LogP contribution in [0.15, 0.2) is 36.4 Å². The van der Waals surface area contributed by atoms with Crippen molar-refractivity contribution in [2.45, 2.75) is 83.7 Å². The van der Waals surface area contributed by atoms with Crippen LogP contribution in [0, 0.1) is 0 Å². The highest BCUT2D eigenvalue weighted by Crippen LogP contribution is 2.46. The van der Waals surface area contributed by atoms with Gasteiger partial charge in [-0.2, -0.15) is 39.5 Å². The lowest BCUT2D eigenvalue weighted by Crippen LogP contribution is -2.44. The monoisotopic (exact) mass is 612 g/mol. The van der Waals surface area contributed by atoms with Crippen LogP contribution in [0.5, 0.6) is 0 Å². The zero-order valence-corrected chi connectivity index (χ0v) is 23.3. The highest BCUT2D eigenvalue weighted by atomic mass is 19.4. The van der Waals surface area contributed by atoms with Gasteiger partial charge in [0.05, 0.1) is 22.4 Å². The van der Waals surface area contributed by atoms with Crippen LogP contribution in [0.1, 0.15) is 74.8 Å². The second-order valence-electron chi connectivity index (χ2n) is 11.0. The number of carbonyl (C=O) groups excluding carboxylic acids is 2. The predicted octanol–water partition coefficient (Wildman–Crippen LogP) is 8.41. The normalized spacial score (nSPS) is 17.7. The average molecular weight is 613 g/mol. The van der Waals surface area contributed by atoms with E-state index in [-0.39, 0.29) is 30.3 Å². The fourth-order valence-electron chi connectivity index (χ4n) is 4.91. The van der Waals surface area contributed by atoms with Gasteiger partial charge >= 0.3 is 24.6 Å². The summed E-state index contributed by atoms with van der Waals surface area (Å²) < 4.78 is 127. The topological polar surface area (TPSA) is 49.9 Å². The van der Waals surface area contributed by atoms with E-state index in [9.17, 15) is 49.1 Å². The Morgan fingerprint density at radius 2 is 1.36 bits per heavy atom. The fraction of sp³-hybridized carbons (Fsp3) is 0.500. The Labute approximate surface area is 236 Å². The van der Waals surface area contributed by atoms with Gasteiger partial charge in [0.2, 0.25) is 5.91 Å². The van der Waals surface area contributed by atoms with Crippen molar-refractivity contribution in [2.24, 2.45) is 0 Å². The number of benzene rings is 2. The summed E-state index contributed by atoms with van der Waals surface area (Å²) in [5.41, 5.74) is -5.48. The summed E-state index contributed by atoms with van der Waals surface area (Å²) >= 11 is 0. The lowest BCUT2D eigenvalue weighted by molar-refractivity contribution is -0.143. The van der Waals surface area contributed by atoms with Gasteiger partial charge in [0.15, 0.2) is 0 Å². The molecule has 5 nitrogen and oxygen atoms in total. The Bertz CT molecular complexity index is 1300. The lowest BCUT2D eigenvalue weighted by atomic mass is 9.92. The van der Waals surface area contributed by atoms with Crippen molar-refractivity contribution in [3.05, 3.63) is 64.2 Å². The number of hydrogen-bond acceptors (Lipinski definition) is 3. The summed E-state index contributed by atoms with van der Waals surface area (Å²) in [6, 6.07) is 2.88. The van der Waals surface area contributed by atoms with Gasteiger partial charge in [0.25, 0.3) is 0 Å². The first-order valence-corrected chi connectivity index (χ1v) is 12.8. The molecule has 232 valence electrons. The molecular formula is C28H29F9N2O3. The van der Waals surface area contributed by atoms with Crippen molar-refractivity contribution in [1.29, 1.82) is 0 Å². The number of alkyl halides is 9. The molecule has 1 aliphatic rings. The molecule has 0 saturated heterocycles. The van der Waals surface area contributed by atoms with Gasteiger partial charge in [0.1, 0.15) is 5.60 Å². The standard InChI is InChI=1S/C28H29F9N2O3/c1-6-22-21(20-8-7-17(26(29,30)31)12-23(20)39(22)24(41)42-25(3,4)5)14-38(15(2)40)13-16-9-18(27(32,33)34)11-19(10-16)28(35,36)37/h7-12,21-22H,6,13-14H2,1-5H3/t21-,22-/m1/s1. The van der Waals surface area contributed by atoms with E-state index in [0.717, 1.165) is 34.9 Å². The third-order valence-electron chi connectivity index (χ3n) is 6.70. The minimum atomic E-state index is -5.10. The maximum absolute atomic E-state index is 13.6. The van der Waals surface area contributed by atoms with Gasteiger partial charge in [-0.3, -0.25) is 9.69 Å². The molecule has 0 fully saturated rings. The van der Waals surface area contributed by atoms with E-state index in [1.165, 1.54) is 0 Å². The molecule has 14 heteroatoms. The number of anilines is 1. The van der Waals surface area contributed by atoms with Gasteiger partial charge in [-0.1, -0.05) is 13.0 Å². The number of carbonyl (C=O) groups is 2. The number of rotatable bonds is 5. The van der Waals surface area contributed by atoms with E-state index >= 15 is 0 Å². The average Bonchev–Trinajstić information content (AvgIpc) is 3.13. The number of fused-ring (bicyclic) bond motifs is 1. The molecule has 0 saturated carbocycles. The summed E-state index contributed by atoms with van der Waals surface area (Å²) in [6.45, 7) is 6.43. The highest BCUT2D eigenvalue weighted by Gasteiger charge is 2.45. The minimum absolute atomic E-state index is 0.0289. The molecule has 0 bridgehead atoms. The van der Waals surface area contributed by atoms with Crippen molar-refractivity contribution in [2.75, 3.05) is 11.4 Å². The predicted molar refractivity (Wildman–Crippen MR) is 135 cm³/mol. The molecule has 42 heavy (non-hydrogen) atoms. The van der Waals surface area contributed by atoms with Gasteiger partial charge in [-0.15, -0.1) is 0 Å². The fourth-order valence-corrected chi connectivity index (χ4v) is 4.91. The summed E-state index contributed by atoms with van der Waals surface area (Å²) in [4.78, 5) is 27.9. The summed E-state index contributed by atoms with van der Waals surface area (Å²) in [7, 11) is 0. The molecule has 2 aromatic carbocycles. The van der Waals surface area contributed by atoms with Gasteiger partial charge in [-0.05, 0) is 68.7 Å². The number of ether oxygens (including phenoxy) is 1. The largest absolute Gasteiger partial charge is 0.443 e. The van der Waals surface area contributed by atoms with E-state index in [1.807, 2.05) is 0 Å². The molecule has 0 aromatic heterocycles. The zero-order chi connectivity index (χ0) is 32.0. The number of nitrogens with zero attached hydrogens (tertiary/aromatic N) is 2. The Balaban J connectivity index is 2.08. The molecule has 0 radical (unpaired) electrons. The van der Waals surface area contributed by atoms with E-state index in [1.54, 1.807) is 27.7 Å². The smallest absolute Gasteiger partial charge is 0.416 e. The quantitative estimate of drug-likeness (QED) is 0.319. The first-order valence-electron chi connectivity index (χ1n) is 12.8. The first kappa shape index (κ1) is 33.1. The second-order valence-corrected chi connectivity index (χ2v) is 11.0. The molecule has 1 aliphatic heterocycles. The molecule has 0 spiro atoms. The van der Waals surface area contributed by atoms with Crippen molar-refractivity contribution in [1.82, 2.24) is 4.90 Å². The SMILES string of the molecule is CC[C@@H]1[C@H](CN(Cc2cc(C(F)(F)F)cc(C(F)(F)F)c2)C(C)=O)c2ccc(C(F)(F)F)cc2N1C(=O)OC(C)(C)C. The van der Waals surface area contributed by atoms with Crippen LogP contribution in [0.2, 0.25) is 0 Å². The van der Waals surface area contributed by atoms with Crippen LogP contribution >= 0.6 is 0 Å². The van der Waals surface area contributed by atoms with Crippen molar-refractivity contribution in [3.8, 4) is 0 Å². The molecule has 0 unspecified atom stereocenters. The van der Waals surface area contributed by atoms with E-state index in [4.69, 9.17) is 4.74 Å². The van der Waals surface area contributed by atoms with Crippen molar-refractivity contribution in [3.63, 3.8) is 0 Å². The molecular weight excluding hydrogens is 583 g/mol. The Kier molecular flexibility index (Phi) is 8.91. The first-order chi connectivity index (χ1) is 19.0. The summed E-state index contributed by atoms with van der Waals surface area (Å²) in [6.07, 6.45) is -15.7. The maximum Gasteiger partial charge on any atom is 0.416 e. The van der Waals surface area contributed by atoms with Crippen LogP contribution in [0.4, 0.5) is 50.0 Å². The molecule has 1 heterocycles. The Morgan fingerprint density at radius 1 is 0.833 bits per heavy atom. The molecule has 2 amide bonds. The van der Waals surface area contributed by atoms with Crippen molar-refractivity contribution < 1.29 is 53.8 Å². The maximum atomic E-state index is 13.6.